The summed E-state index contributed by atoms with van der Waals surface area (Å²) in [6.07, 6.45) is 13.4. The van der Waals surface area contributed by atoms with Crippen molar-refractivity contribution in [1.82, 2.24) is 19.8 Å². The lowest BCUT2D eigenvalue weighted by atomic mass is 9.68. The Hall–Kier alpha value is -3.27. The fourth-order valence-corrected chi connectivity index (χ4v) is 8.22. The molecular weight excluding hydrogens is 510 g/mol. The monoisotopic (exact) mass is 549 g/mol. The van der Waals surface area contributed by atoms with Gasteiger partial charge in [0, 0.05) is 31.2 Å². The molecular formula is C30H39N5O5. The van der Waals surface area contributed by atoms with Crippen LogP contribution in [0.2, 0.25) is 0 Å². The van der Waals surface area contributed by atoms with E-state index in [0.717, 1.165) is 37.5 Å². The number of hydrogen-bond acceptors (Lipinski definition) is 7. The number of carbonyl (C=O) groups excluding carboxylic acids is 1. The molecule has 2 unspecified atom stereocenters. The van der Waals surface area contributed by atoms with Crippen molar-refractivity contribution < 1.29 is 19.5 Å². The molecule has 4 aliphatic rings. The lowest BCUT2D eigenvalue weighted by Gasteiger charge is -2.55. The number of likely N-dealkylation sites (N-methyl/N-ethyl adjacent to an activating group) is 1. The zero-order valence-electron chi connectivity index (χ0n) is 23.1. The third-order valence-electron chi connectivity index (χ3n) is 9.75. The van der Waals surface area contributed by atoms with Gasteiger partial charge in [0.05, 0.1) is 11.0 Å². The minimum Gasteiger partial charge on any atom is -0.476 e. The van der Waals surface area contributed by atoms with E-state index < -0.39 is 29.8 Å². The number of nitrogens with one attached hydrogen (secondary N) is 1. The highest BCUT2D eigenvalue weighted by Crippen LogP contribution is 2.47. The lowest BCUT2D eigenvalue weighted by molar-refractivity contribution is -0.130. The molecule has 1 amide bonds. The average molecular weight is 550 g/mol. The number of aromatic nitrogens is 2. The molecule has 5 atom stereocenters. The highest BCUT2D eigenvalue weighted by molar-refractivity contribution is 6.41. The Morgan fingerprint density at radius 3 is 2.33 bits per heavy atom. The molecule has 2 N–H and O–H groups in total. The van der Waals surface area contributed by atoms with Gasteiger partial charge in [0.1, 0.15) is 0 Å². The largest absolute Gasteiger partial charge is 0.476 e. The molecule has 2 saturated carbocycles. The van der Waals surface area contributed by atoms with Crippen molar-refractivity contribution in [2.45, 2.75) is 94.8 Å². The Morgan fingerprint density at radius 1 is 0.975 bits per heavy atom. The molecule has 10 heteroatoms. The minimum atomic E-state index is -1.43. The first-order valence-electron chi connectivity index (χ1n) is 14.9. The number of carboxylic acids is 1. The number of para-hydroxylation sites is 2. The fourth-order valence-electron chi connectivity index (χ4n) is 8.22. The molecule has 2 aliphatic heterocycles. The number of piperidine rings is 2. The van der Waals surface area contributed by atoms with E-state index in [0.29, 0.717) is 29.2 Å². The van der Waals surface area contributed by atoms with Gasteiger partial charge in [0.2, 0.25) is 5.71 Å². The second-order valence-corrected chi connectivity index (χ2v) is 12.2. The predicted molar refractivity (Wildman–Crippen MR) is 150 cm³/mol. The quantitative estimate of drug-likeness (QED) is 0.400. The van der Waals surface area contributed by atoms with Crippen LogP contribution in [0.3, 0.4) is 0 Å². The van der Waals surface area contributed by atoms with Crippen molar-refractivity contribution in [2.75, 3.05) is 13.7 Å². The number of oxime groups is 1. The zero-order valence-corrected chi connectivity index (χ0v) is 23.1. The van der Waals surface area contributed by atoms with Gasteiger partial charge < -0.3 is 19.8 Å². The first-order valence-corrected chi connectivity index (χ1v) is 14.9. The first-order chi connectivity index (χ1) is 19.4. The summed E-state index contributed by atoms with van der Waals surface area (Å²) in [5.41, 5.74) is -0.108. The summed E-state index contributed by atoms with van der Waals surface area (Å²) < 4.78 is 1.77. The molecule has 0 spiro atoms. The van der Waals surface area contributed by atoms with Gasteiger partial charge in [-0.3, -0.25) is 14.5 Å². The molecule has 4 bridgehead atoms. The molecule has 6 rings (SSSR count). The van der Waals surface area contributed by atoms with Crippen LogP contribution in [0.15, 0.2) is 34.2 Å². The van der Waals surface area contributed by atoms with E-state index in [4.69, 9.17) is 4.84 Å². The maximum absolute atomic E-state index is 14.0. The van der Waals surface area contributed by atoms with Gasteiger partial charge in [-0.2, -0.15) is 0 Å². The van der Waals surface area contributed by atoms with Crippen LogP contribution in [-0.2, 0) is 14.4 Å². The maximum atomic E-state index is 14.0. The molecule has 2 saturated heterocycles. The van der Waals surface area contributed by atoms with Crippen LogP contribution in [0.5, 0.6) is 0 Å². The van der Waals surface area contributed by atoms with E-state index in [1.807, 2.05) is 18.2 Å². The molecule has 214 valence electrons. The van der Waals surface area contributed by atoms with Gasteiger partial charge in [0.25, 0.3) is 11.5 Å². The Kier molecular flexibility index (Phi) is 7.61. The predicted octanol–water partition coefficient (Wildman–Crippen LogP) is 3.47. The zero-order chi connectivity index (χ0) is 27.8. The van der Waals surface area contributed by atoms with Crippen LogP contribution < -0.4 is 10.9 Å². The summed E-state index contributed by atoms with van der Waals surface area (Å²) in [7, 11) is 1.44. The first kappa shape index (κ1) is 26.9. The van der Waals surface area contributed by atoms with Crippen LogP contribution in [0, 0.1) is 11.8 Å². The molecule has 40 heavy (non-hydrogen) atoms. The number of amides is 1. The summed E-state index contributed by atoms with van der Waals surface area (Å²) in [6.45, 7) is -0.459. The second kappa shape index (κ2) is 11.3. The molecule has 10 nitrogen and oxygen atoms in total. The van der Waals surface area contributed by atoms with Gasteiger partial charge in [-0.05, 0) is 68.9 Å². The van der Waals surface area contributed by atoms with E-state index in [2.05, 4.69) is 20.4 Å². The Balaban J connectivity index is 1.34. The van der Waals surface area contributed by atoms with Crippen LogP contribution >= 0.6 is 0 Å². The van der Waals surface area contributed by atoms with Gasteiger partial charge in [0.15, 0.2) is 12.3 Å². The minimum absolute atomic E-state index is 0.0596. The molecule has 1 aromatic heterocycles. The summed E-state index contributed by atoms with van der Waals surface area (Å²) >= 11 is 0. The topological polar surface area (TPSA) is 126 Å². The summed E-state index contributed by atoms with van der Waals surface area (Å²) in [5.74, 6) is -0.163. The maximum Gasteiger partial charge on any atom is 0.360 e. The van der Waals surface area contributed by atoms with Gasteiger partial charge in [-0.1, -0.05) is 43.0 Å². The number of fused-ring (bicyclic) bond motifs is 5. The smallest absolute Gasteiger partial charge is 0.360 e. The van der Waals surface area contributed by atoms with Crippen molar-refractivity contribution in [2.24, 2.45) is 17.0 Å². The number of hydrogen-bond donors (Lipinski definition) is 2. The van der Waals surface area contributed by atoms with Crippen molar-refractivity contribution in [1.29, 1.82) is 0 Å². The molecule has 1 aromatic carbocycles. The van der Waals surface area contributed by atoms with E-state index in [-0.39, 0.29) is 11.7 Å². The average Bonchev–Trinajstić information content (AvgIpc) is 2.94. The SMILES string of the molecule is CNC(=O)CON=C(C(=O)O)c1nc2ccccc2n([C@H]2C[C@H]3CCC[C@@H](C2)N3C2CC3CCCC(C3)C2)c1=O. The number of aliphatic carboxylic acids is 1. The highest BCUT2D eigenvalue weighted by atomic mass is 16.6. The fraction of sp³-hybridized carbons (Fsp3) is 0.633. The molecule has 4 fully saturated rings. The van der Waals surface area contributed by atoms with Crippen molar-refractivity contribution in [3.8, 4) is 0 Å². The molecule has 2 aromatic rings. The number of carbonyl (C=O) groups is 2. The van der Waals surface area contributed by atoms with Crippen molar-refractivity contribution in [3.63, 3.8) is 0 Å². The second-order valence-electron chi connectivity index (χ2n) is 12.2. The Morgan fingerprint density at radius 2 is 1.65 bits per heavy atom. The normalized spacial score (nSPS) is 30.6. The van der Waals surface area contributed by atoms with Gasteiger partial charge in [-0.25, -0.2) is 9.78 Å². The lowest BCUT2D eigenvalue weighted by Crippen LogP contribution is -2.58. The standard InChI is InChI=1S/C30H39N5O5/c1-31-26(36)17-40-33-28(30(38)39)27-29(37)35(25-11-3-2-10-24(25)32-27)23-15-20-8-5-9-21(16-23)34(20)22-13-18-6-4-7-19(12-18)14-22/h2-3,10-11,18-23H,4-9,12-17H2,1H3,(H,31,36)(H,38,39)/t18?,19?,20-,21+,22?,23+. The number of benzene rings is 1. The third-order valence-corrected chi connectivity index (χ3v) is 9.75. The van der Waals surface area contributed by atoms with Gasteiger partial charge >= 0.3 is 5.97 Å². The third kappa shape index (κ3) is 5.13. The molecule has 2 aliphatic carbocycles. The summed E-state index contributed by atoms with van der Waals surface area (Å²) in [4.78, 5) is 50.0. The van der Waals surface area contributed by atoms with Crippen LogP contribution in [0.1, 0.15) is 82.4 Å². The van der Waals surface area contributed by atoms with Crippen LogP contribution in [-0.4, -0.2) is 68.9 Å². The van der Waals surface area contributed by atoms with E-state index in [1.54, 1.807) is 10.6 Å². The van der Waals surface area contributed by atoms with Crippen LogP contribution in [0.25, 0.3) is 11.0 Å². The Labute approximate surface area is 233 Å². The summed E-state index contributed by atoms with van der Waals surface area (Å²) in [6, 6.07) is 8.81. The van der Waals surface area contributed by atoms with E-state index in [1.165, 1.54) is 52.0 Å². The number of rotatable bonds is 7. The van der Waals surface area contributed by atoms with E-state index >= 15 is 0 Å². The number of carboxylic acid groups (broad SMARTS) is 1. The highest BCUT2D eigenvalue weighted by Gasteiger charge is 2.45. The van der Waals surface area contributed by atoms with Crippen molar-refractivity contribution >= 4 is 28.6 Å². The van der Waals surface area contributed by atoms with Crippen molar-refractivity contribution in [3.05, 3.63) is 40.3 Å². The number of nitrogens with zero attached hydrogens (tertiary/aromatic N) is 4. The van der Waals surface area contributed by atoms with E-state index in [9.17, 15) is 19.5 Å². The van der Waals surface area contributed by atoms with Gasteiger partial charge in [-0.15, -0.1) is 0 Å². The Bertz CT molecular complexity index is 1350. The van der Waals surface area contributed by atoms with Crippen LogP contribution in [0.4, 0.5) is 0 Å². The molecule has 3 heterocycles. The molecule has 0 radical (unpaired) electrons. The summed E-state index contributed by atoms with van der Waals surface area (Å²) in [5, 5.41) is 16.0.